The van der Waals surface area contributed by atoms with Crippen molar-refractivity contribution in [1.29, 1.82) is 0 Å². The SMILES string of the molecule is CCCNc1cc(NCC2CCC2)nc(CCC)n1. The summed E-state index contributed by atoms with van der Waals surface area (Å²) < 4.78 is 0. The molecular formula is C15H26N4. The van der Waals surface area contributed by atoms with E-state index in [4.69, 9.17) is 0 Å². The maximum atomic E-state index is 4.60. The number of hydrogen-bond acceptors (Lipinski definition) is 4. The minimum atomic E-state index is 0.844. The van der Waals surface area contributed by atoms with Crippen molar-refractivity contribution in [1.82, 2.24) is 9.97 Å². The molecule has 0 aliphatic heterocycles. The van der Waals surface area contributed by atoms with E-state index in [0.717, 1.165) is 55.7 Å². The summed E-state index contributed by atoms with van der Waals surface area (Å²) in [6.45, 7) is 6.34. The highest BCUT2D eigenvalue weighted by atomic mass is 15.1. The second-order valence-corrected chi connectivity index (χ2v) is 5.41. The molecular weight excluding hydrogens is 236 g/mol. The summed E-state index contributed by atoms with van der Waals surface area (Å²) in [6.07, 6.45) is 7.25. The quantitative estimate of drug-likeness (QED) is 0.753. The van der Waals surface area contributed by atoms with Crippen LogP contribution in [0.4, 0.5) is 11.6 Å². The van der Waals surface area contributed by atoms with E-state index in [9.17, 15) is 0 Å². The maximum absolute atomic E-state index is 4.60. The minimum Gasteiger partial charge on any atom is -0.370 e. The largest absolute Gasteiger partial charge is 0.370 e. The van der Waals surface area contributed by atoms with Gasteiger partial charge in [-0.2, -0.15) is 0 Å². The summed E-state index contributed by atoms with van der Waals surface area (Å²) in [5.74, 6) is 3.72. The van der Waals surface area contributed by atoms with Gasteiger partial charge in [0.25, 0.3) is 0 Å². The van der Waals surface area contributed by atoms with Crippen molar-refractivity contribution < 1.29 is 0 Å². The number of rotatable bonds is 8. The van der Waals surface area contributed by atoms with Gasteiger partial charge in [0.05, 0.1) is 0 Å². The molecule has 1 fully saturated rings. The maximum Gasteiger partial charge on any atom is 0.133 e. The molecule has 1 heterocycles. The van der Waals surface area contributed by atoms with Gasteiger partial charge in [0, 0.05) is 25.6 Å². The summed E-state index contributed by atoms with van der Waals surface area (Å²) in [5.41, 5.74) is 0. The van der Waals surface area contributed by atoms with Crippen LogP contribution in [0.15, 0.2) is 6.07 Å². The Labute approximate surface area is 116 Å². The zero-order chi connectivity index (χ0) is 13.5. The molecule has 4 nitrogen and oxygen atoms in total. The number of aromatic nitrogens is 2. The standard InChI is InChI=1S/C15H26N4/c1-3-6-13-18-14(16-9-4-2)10-15(19-13)17-11-12-7-5-8-12/h10,12H,3-9,11H2,1-2H3,(H2,16,17,18,19). The monoisotopic (exact) mass is 262 g/mol. The Hall–Kier alpha value is -1.32. The van der Waals surface area contributed by atoms with Crippen molar-refractivity contribution >= 4 is 11.6 Å². The molecule has 0 spiro atoms. The zero-order valence-electron chi connectivity index (χ0n) is 12.2. The molecule has 2 rings (SSSR count). The molecule has 0 atom stereocenters. The lowest BCUT2D eigenvalue weighted by Gasteiger charge is -2.25. The van der Waals surface area contributed by atoms with Gasteiger partial charge in [0.15, 0.2) is 0 Å². The number of anilines is 2. The first kappa shape index (κ1) is 14.1. The highest BCUT2D eigenvalue weighted by Crippen LogP contribution is 2.26. The molecule has 0 bridgehead atoms. The van der Waals surface area contributed by atoms with E-state index < -0.39 is 0 Å². The van der Waals surface area contributed by atoms with Gasteiger partial charge in [-0.15, -0.1) is 0 Å². The molecule has 2 N–H and O–H groups in total. The fourth-order valence-corrected chi connectivity index (χ4v) is 2.21. The van der Waals surface area contributed by atoms with Crippen molar-refractivity contribution in [3.63, 3.8) is 0 Å². The predicted molar refractivity (Wildman–Crippen MR) is 80.6 cm³/mol. The third-order valence-electron chi connectivity index (χ3n) is 3.60. The van der Waals surface area contributed by atoms with Crippen LogP contribution in [0.1, 0.15) is 51.8 Å². The first-order valence-corrected chi connectivity index (χ1v) is 7.67. The molecule has 1 aromatic heterocycles. The average Bonchev–Trinajstić information content (AvgIpc) is 2.35. The van der Waals surface area contributed by atoms with E-state index >= 15 is 0 Å². The first-order chi connectivity index (χ1) is 9.31. The van der Waals surface area contributed by atoms with Crippen molar-refractivity contribution in [3.8, 4) is 0 Å². The highest BCUT2D eigenvalue weighted by molar-refractivity contribution is 5.47. The molecule has 1 saturated carbocycles. The van der Waals surface area contributed by atoms with Gasteiger partial charge < -0.3 is 10.6 Å². The zero-order valence-corrected chi connectivity index (χ0v) is 12.2. The molecule has 1 aromatic rings. The lowest BCUT2D eigenvalue weighted by Crippen LogP contribution is -2.21. The van der Waals surface area contributed by atoms with Gasteiger partial charge >= 0.3 is 0 Å². The van der Waals surface area contributed by atoms with Crippen LogP contribution in [-0.4, -0.2) is 23.1 Å². The van der Waals surface area contributed by atoms with E-state index in [-0.39, 0.29) is 0 Å². The smallest absolute Gasteiger partial charge is 0.133 e. The van der Waals surface area contributed by atoms with E-state index in [0.29, 0.717) is 0 Å². The third kappa shape index (κ3) is 4.37. The molecule has 0 unspecified atom stereocenters. The third-order valence-corrected chi connectivity index (χ3v) is 3.60. The van der Waals surface area contributed by atoms with Crippen LogP contribution in [0.2, 0.25) is 0 Å². The van der Waals surface area contributed by atoms with E-state index in [1.54, 1.807) is 0 Å². The summed E-state index contributed by atoms with van der Waals surface area (Å²) >= 11 is 0. The Balaban J connectivity index is 1.99. The van der Waals surface area contributed by atoms with Crippen LogP contribution in [0.3, 0.4) is 0 Å². The Morgan fingerprint density at radius 3 is 2.42 bits per heavy atom. The average molecular weight is 262 g/mol. The van der Waals surface area contributed by atoms with E-state index in [2.05, 4.69) is 34.4 Å². The number of nitrogens with one attached hydrogen (secondary N) is 2. The van der Waals surface area contributed by atoms with Crippen LogP contribution in [0.25, 0.3) is 0 Å². The second-order valence-electron chi connectivity index (χ2n) is 5.41. The van der Waals surface area contributed by atoms with Gasteiger partial charge in [-0.3, -0.25) is 0 Å². The van der Waals surface area contributed by atoms with Crippen LogP contribution >= 0.6 is 0 Å². The highest BCUT2D eigenvalue weighted by Gasteiger charge is 2.17. The van der Waals surface area contributed by atoms with Crippen molar-refractivity contribution in [2.45, 2.75) is 52.4 Å². The molecule has 0 aromatic carbocycles. The molecule has 0 amide bonds. The summed E-state index contributed by atoms with van der Waals surface area (Å²) in [4.78, 5) is 9.16. The number of aryl methyl sites for hydroxylation is 1. The van der Waals surface area contributed by atoms with E-state index in [1.165, 1.54) is 19.3 Å². The van der Waals surface area contributed by atoms with Crippen molar-refractivity contribution in [3.05, 3.63) is 11.9 Å². The van der Waals surface area contributed by atoms with Crippen LogP contribution < -0.4 is 10.6 Å². The van der Waals surface area contributed by atoms with Gasteiger partial charge in [-0.05, 0) is 31.6 Å². The van der Waals surface area contributed by atoms with Crippen molar-refractivity contribution in [2.24, 2.45) is 5.92 Å². The van der Waals surface area contributed by atoms with Gasteiger partial charge in [-0.1, -0.05) is 20.3 Å². The van der Waals surface area contributed by atoms with Crippen molar-refractivity contribution in [2.75, 3.05) is 23.7 Å². The Bertz CT molecular complexity index is 388. The summed E-state index contributed by atoms with van der Waals surface area (Å²) in [5, 5.41) is 6.83. The fourth-order valence-electron chi connectivity index (χ4n) is 2.21. The Kier molecular flexibility index (Phi) is 5.43. The molecule has 0 radical (unpaired) electrons. The van der Waals surface area contributed by atoms with Crippen LogP contribution in [0, 0.1) is 5.92 Å². The Morgan fingerprint density at radius 1 is 1.11 bits per heavy atom. The topological polar surface area (TPSA) is 49.8 Å². The molecule has 4 heteroatoms. The number of nitrogens with zero attached hydrogens (tertiary/aromatic N) is 2. The molecule has 1 aliphatic rings. The van der Waals surface area contributed by atoms with Crippen LogP contribution in [-0.2, 0) is 6.42 Å². The first-order valence-electron chi connectivity index (χ1n) is 7.67. The van der Waals surface area contributed by atoms with E-state index in [1.807, 2.05) is 6.07 Å². The van der Waals surface area contributed by atoms with Gasteiger partial charge in [0.2, 0.25) is 0 Å². The second kappa shape index (κ2) is 7.31. The predicted octanol–water partition coefficient (Wildman–Crippen LogP) is 3.46. The molecule has 1 aliphatic carbocycles. The molecule has 0 saturated heterocycles. The van der Waals surface area contributed by atoms with Gasteiger partial charge in [0.1, 0.15) is 17.5 Å². The summed E-state index contributed by atoms with van der Waals surface area (Å²) in [6, 6.07) is 2.04. The lowest BCUT2D eigenvalue weighted by molar-refractivity contribution is 0.333. The molecule has 106 valence electrons. The van der Waals surface area contributed by atoms with Crippen LogP contribution in [0.5, 0.6) is 0 Å². The number of hydrogen-bond donors (Lipinski definition) is 2. The lowest BCUT2D eigenvalue weighted by atomic mass is 9.85. The van der Waals surface area contributed by atoms with Gasteiger partial charge in [-0.25, -0.2) is 9.97 Å². The Morgan fingerprint density at radius 2 is 1.84 bits per heavy atom. The molecule has 19 heavy (non-hydrogen) atoms. The normalized spacial score (nSPS) is 15.1. The fraction of sp³-hybridized carbons (Fsp3) is 0.733. The summed E-state index contributed by atoms with van der Waals surface area (Å²) in [7, 11) is 0. The minimum absolute atomic E-state index is 0.844.